The maximum Gasteiger partial charge on any atom is 0.328 e. The number of fused-ring (bicyclic) bond motifs is 1. The number of carboxylic acid groups (broad SMARTS) is 1. The van der Waals surface area contributed by atoms with Crippen molar-refractivity contribution in [2.24, 2.45) is 5.41 Å². The van der Waals surface area contributed by atoms with E-state index in [4.69, 9.17) is 19.7 Å². The molecule has 10 nitrogen and oxygen atoms in total. The summed E-state index contributed by atoms with van der Waals surface area (Å²) < 4.78 is 43.4. The average Bonchev–Trinajstić information content (AvgIpc) is 3.74. The molecule has 1 aliphatic heterocycles. The van der Waals surface area contributed by atoms with Gasteiger partial charge in [-0.1, -0.05) is 6.07 Å². The number of imidazole rings is 1. The number of ether oxygens (including phenoxy) is 2. The fraction of sp³-hybridized carbons (Fsp3) is 0.361. The van der Waals surface area contributed by atoms with Gasteiger partial charge in [0.15, 0.2) is 17.4 Å². The summed E-state index contributed by atoms with van der Waals surface area (Å²) in [6.45, 7) is 4.13. The van der Waals surface area contributed by atoms with E-state index in [0.717, 1.165) is 37.8 Å². The van der Waals surface area contributed by atoms with E-state index in [0.29, 0.717) is 66.7 Å². The Morgan fingerprint density at radius 2 is 1.90 bits per heavy atom. The molecule has 0 unspecified atom stereocenters. The van der Waals surface area contributed by atoms with E-state index >= 15 is 4.39 Å². The minimum atomic E-state index is -1.10. The van der Waals surface area contributed by atoms with Gasteiger partial charge in [0.2, 0.25) is 5.88 Å². The summed E-state index contributed by atoms with van der Waals surface area (Å²) in [4.78, 5) is 22.8. The van der Waals surface area contributed by atoms with Gasteiger partial charge in [0.1, 0.15) is 24.1 Å². The predicted octanol–water partition coefficient (Wildman–Crippen LogP) is 6.39. The van der Waals surface area contributed by atoms with E-state index in [9.17, 15) is 19.6 Å². The Morgan fingerprint density at radius 3 is 2.58 bits per heavy atom. The second-order valence-corrected chi connectivity index (χ2v) is 12.5. The first-order valence-corrected chi connectivity index (χ1v) is 15.8. The van der Waals surface area contributed by atoms with Crippen molar-refractivity contribution in [3.63, 3.8) is 0 Å². The van der Waals surface area contributed by atoms with Crippen LogP contribution in [0.2, 0.25) is 0 Å². The largest absolute Gasteiger partial charge is 0.484 e. The van der Waals surface area contributed by atoms with Gasteiger partial charge in [-0.3, -0.25) is 4.90 Å². The minimum Gasteiger partial charge on any atom is -0.484 e. The van der Waals surface area contributed by atoms with Crippen molar-refractivity contribution >= 4 is 22.6 Å². The van der Waals surface area contributed by atoms with Gasteiger partial charge in [0.05, 0.1) is 35.5 Å². The third kappa shape index (κ3) is 7.45. The van der Waals surface area contributed by atoms with E-state index in [1.807, 2.05) is 10.6 Å². The fourth-order valence-corrected chi connectivity index (χ4v) is 6.09. The number of carboxylic acids is 1. The first-order valence-electron chi connectivity index (χ1n) is 15.8. The van der Waals surface area contributed by atoms with Crippen molar-refractivity contribution in [3.8, 4) is 23.8 Å². The molecular weight excluding hydrogens is 618 g/mol. The lowest BCUT2D eigenvalue weighted by Gasteiger charge is -2.32. The highest BCUT2D eigenvalue weighted by Gasteiger charge is 2.43. The van der Waals surface area contributed by atoms with E-state index < -0.39 is 17.6 Å². The standard InChI is InChI=1S/C36H34F2N6O4/c1-23(15-34(45)46)25-17-29(38)35-30(18-25)44(22-36(9-10-36)11-12-39)32(42-35)20-43-13-7-27(8-14-43)48-33-4-2-3-26(41-33)21-47-31-6-5-24(19-40)16-28(31)37/h2-6,15-18,27H,7-11,13-14,20-22H2,1H3,(H,45,46)/b23-15+. The molecule has 0 bridgehead atoms. The van der Waals surface area contributed by atoms with Crippen LogP contribution in [-0.4, -0.2) is 49.7 Å². The highest BCUT2D eigenvalue weighted by molar-refractivity contribution is 5.91. The van der Waals surface area contributed by atoms with E-state index in [1.165, 1.54) is 18.2 Å². The lowest BCUT2D eigenvalue weighted by Crippen LogP contribution is -2.38. The molecule has 1 saturated heterocycles. The fourth-order valence-electron chi connectivity index (χ4n) is 6.09. The summed E-state index contributed by atoms with van der Waals surface area (Å²) in [7, 11) is 0. The van der Waals surface area contributed by atoms with Crippen LogP contribution in [0, 0.1) is 39.7 Å². The number of nitriles is 2. The molecule has 1 aliphatic carbocycles. The minimum absolute atomic E-state index is 0.0343. The number of nitrogens with zero attached hydrogens (tertiary/aromatic N) is 6. The summed E-state index contributed by atoms with van der Waals surface area (Å²) in [6, 6.07) is 16.7. The zero-order valence-electron chi connectivity index (χ0n) is 26.5. The van der Waals surface area contributed by atoms with Gasteiger partial charge in [-0.25, -0.2) is 23.5 Å². The Labute approximate surface area is 276 Å². The molecule has 1 N–H and O–H groups in total. The van der Waals surface area contributed by atoms with Crippen molar-refractivity contribution in [2.45, 2.75) is 64.8 Å². The Balaban J connectivity index is 1.12. The molecule has 1 saturated carbocycles. The molecule has 3 heterocycles. The molecule has 246 valence electrons. The van der Waals surface area contributed by atoms with Crippen LogP contribution in [0.15, 0.2) is 54.6 Å². The molecule has 2 fully saturated rings. The SMILES string of the molecule is C/C(=C\C(=O)O)c1cc(F)c2nc(CN3CCC(Oc4cccc(COc5ccc(C#N)cc5F)n4)CC3)n(CC3(CC#N)CC3)c2c1. The Kier molecular flexibility index (Phi) is 9.37. The Morgan fingerprint density at radius 1 is 1.10 bits per heavy atom. The van der Waals surface area contributed by atoms with Gasteiger partial charge in [-0.2, -0.15) is 10.5 Å². The molecular formula is C36H34F2N6O4. The van der Waals surface area contributed by atoms with E-state index in [1.54, 1.807) is 31.2 Å². The lowest BCUT2D eigenvalue weighted by atomic mass is 10.0. The number of carbonyl (C=O) groups is 1. The van der Waals surface area contributed by atoms with Gasteiger partial charge in [-0.15, -0.1) is 0 Å². The van der Waals surface area contributed by atoms with Crippen LogP contribution in [0.25, 0.3) is 16.6 Å². The van der Waals surface area contributed by atoms with Crippen LogP contribution < -0.4 is 9.47 Å². The van der Waals surface area contributed by atoms with Crippen molar-refractivity contribution in [1.82, 2.24) is 19.4 Å². The first kappa shape index (κ1) is 32.6. The second kappa shape index (κ2) is 13.8. The van der Waals surface area contributed by atoms with Gasteiger partial charge in [0.25, 0.3) is 0 Å². The quantitative estimate of drug-likeness (QED) is 0.173. The van der Waals surface area contributed by atoms with Gasteiger partial charge < -0.3 is 19.1 Å². The number of hydrogen-bond donors (Lipinski definition) is 1. The number of piperidine rings is 1. The van der Waals surface area contributed by atoms with Crippen LogP contribution in [0.4, 0.5) is 8.78 Å². The number of pyridine rings is 1. The number of aromatic nitrogens is 3. The van der Waals surface area contributed by atoms with Gasteiger partial charge >= 0.3 is 5.97 Å². The normalized spacial score (nSPS) is 16.3. The number of hydrogen-bond acceptors (Lipinski definition) is 8. The molecule has 0 radical (unpaired) electrons. The first-order chi connectivity index (χ1) is 23.1. The Hall–Kier alpha value is -5.33. The summed E-state index contributed by atoms with van der Waals surface area (Å²) in [5.74, 6) is -1.04. The van der Waals surface area contributed by atoms with Crippen LogP contribution in [0.3, 0.4) is 0 Å². The maximum atomic E-state index is 15.4. The molecule has 6 rings (SSSR count). The number of allylic oxidation sites excluding steroid dienone is 1. The zero-order valence-corrected chi connectivity index (χ0v) is 26.5. The molecule has 48 heavy (non-hydrogen) atoms. The monoisotopic (exact) mass is 652 g/mol. The highest BCUT2D eigenvalue weighted by atomic mass is 19.1. The zero-order chi connectivity index (χ0) is 33.8. The summed E-state index contributed by atoms with van der Waals surface area (Å²) in [5.41, 5.74) is 2.36. The average molecular weight is 653 g/mol. The number of likely N-dealkylation sites (tertiary alicyclic amines) is 1. The van der Waals surface area contributed by atoms with E-state index in [2.05, 4.69) is 16.0 Å². The number of rotatable bonds is 12. The molecule has 2 aromatic carbocycles. The van der Waals surface area contributed by atoms with E-state index in [-0.39, 0.29) is 35.0 Å². The number of halogens is 2. The van der Waals surface area contributed by atoms with Crippen molar-refractivity contribution in [2.75, 3.05) is 13.1 Å². The molecule has 0 amide bonds. The predicted molar refractivity (Wildman–Crippen MR) is 171 cm³/mol. The summed E-state index contributed by atoms with van der Waals surface area (Å²) in [5, 5.41) is 27.6. The molecule has 0 atom stereocenters. The van der Waals surface area contributed by atoms with Crippen molar-refractivity contribution in [3.05, 3.63) is 88.9 Å². The topological polar surface area (TPSA) is 137 Å². The molecule has 2 aliphatic rings. The van der Waals surface area contributed by atoms with Crippen LogP contribution in [0.5, 0.6) is 11.6 Å². The molecule has 12 heteroatoms. The summed E-state index contributed by atoms with van der Waals surface area (Å²) in [6.07, 6.45) is 4.68. The van der Waals surface area contributed by atoms with Gasteiger partial charge in [-0.05, 0) is 80.1 Å². The Bertz CT molecular complexity index is 1970. The van der Waals surface area contributed by atoms with Crippen LogP contribution in [0.1, 0.15) is 61.7 Å². The van der Waals surface area contributed by atoms with Gasteiger partial charge in [0, 0.05) is 43.6 Å². The molecule has 2 aromatic heterocycles. The van der Waals surface area contributed by atoms with Crippen LogP contribution >= 0.6 is 0 Å². The van der Waals surface area contributed by atoms with Crippen LogP contribution in [-0.2, 0) is 24.5 Å². The van der Waals surface area contributed by atoms with Crippen molar-refractivity contribution in [1.29, 1.82) is 10.5 Å². The highest BCUT2D eigenvalue weighted by Crippen LogP contribution is 2.50. The molecule has 4 aromatic rings. The second-order valence-electron chi connectivity index (χ2n) is 12.5. The third-order valence-electron chi connectivity index (χ3n) is 8.99. The maximum absolute atomic E-state index is 15.4. The number of benzene rings is 2. The lowest BCUT2D eigenvalue weighted by molar-refractivity contribution is -0.131. The number of aliphatic carboxylic acids is 1. The smallest absolute Gasteiger partial charge is 0.328 e. The third-order valence-corrected chi connectivity index (χ3v) is 8.99. The van der Waals surface area contributed by atoms with Crippen molar-refractivity contribution < 1.29 is 28.2 Å². The molecule has 0 spiro atoms. The summed E-state index contributed by atoms with van der Waals surface area (Å²) >= 11 is 0.